The van der Waals surface area contributed by atoms with E-state index in [4.69, 9.17) is 0 Å². The number of carbonyl (C=O) groups excluding carboxylic acids is 1. The SMILES string of the molecule is CC(C)(O)[C@@H](CO)NC(=O)[C@@H](CC(=O)O)n1ccc(-c2ccc(-c3ccccc3)cc2)c1. The first-order valence-corrected chi connectivity index (χ1v) is 10.4. The van der Waals surface area contributed by atoms with Gasteiger partial charge in [0.2, 0.25) is 5.91 Å². The fraction of sp³-hybridized carbons (Fsp3) is 0.280. The van der Waals surface area contributed by atoms with Crippen molar-refractivity contribution in [3.8, 4) is 22.3 Å². The summed E-state index contributed by atoms with van der Waals surface area (Å²) >= 11 is 0. The number of carboxylic acid groups (broad SMARTS) is 1. The molecule has 3 rings (SSSR count). The fourth-order valence-corrected chi connectivity index (χ4v) is 3.48. The van der Waals surface area contributed by atoms with Crippen LogP contribution in [0.15, 0.2) is 73.1 Å². The Labute approximate surface area is 187 Å². The van der Waals surface area contributed by atoms with Crippen molar-refractivity contribution in [2.45, 2.75) is 38.0 Å². The Hall–Kier alpha value is -3.42. The van der Waals surface area contributed by atoms with Crippen molar-refractivity contribution in [1.82, 2.24) is 9.88 Å². The highest BCUT2D eigenvalue weighted by Gasteiger charge is 2.31. The second-order valence-corrected chi connectivity index (χ2v) is 8.30. The van der Waals surface area contributed by atoms with Crippen LogP contribution in [0, 0.1) is 0 Å². The molecule has 0 bridgehead atoms. The van der Waals surface area contributed by atoms with Crippen molar-refractivity contribution < 1.29 is 24.9 Å². The molecule has 1 amide bonds. The van der Waals surface area contributed by atoms with Gasteiger partial charge in [-0.1, -0.05) is 54.6 Å². The highest BCUT2D eigenvalue weighted by atomic mass is 16.4. The van der Waals surface area contributed by atoms with Crippen molar-refractivity contribution in [2.75, 3.05) is 6.61 Å². The summed E-state index contributed by atoms with van der Waals surface area (Å²) in [5, 5.41) is 31.5. The molecule has 0 saturated heterocycles. The molecule has 0 aliphatic carbocycles. The Bertz CT molecular complexity index is 1050. The minimum Gasteiger partial charge on any atom is -0.481 e. The van der Waals surface area contributed by atoms with Gasteiger partial charge in [-0.15, -0.1) is 0 Å². The van der Waals surface area contributed by atoms with Gasteiger partial charge in [0, 0.05) is 12.4 Å². The first kappa shape index (κ1) is 23.2. The standard InChI is InChI=1S/C25H28N2O5/c1-25(2,32)22(16-28)26-24(31)21(14-23(29)30)27-13-12-20(15-27)19-10-8-18(9-11-19)17-6-4-3-5-7-17/h3-13,15,21-22,28,32H,14,16H2,1-2H3,(H,26,31)(H,29,30)/t21-,22-/m1/s1. The van der Waals surface area contributed by atoms with E-state index in [1.165, 1.54) is 13.8 Å². The topological polar surface area (TPSA) is 112 Å². The van der Waals surface area contributed by atoms with E-state index in [-0.39, 0.29) is 0 Å². The van der Waals surface area contributed by atoms with E-state index in [2.05, 4.69) is 5.32 Å². The Kier molecular flexibility index (Phi) is 7.12. The largest absolute Gasteiger partial charge is 0.481 e. The van der Waals surface area contributed by atoms with Crippen LogP contribution in [0.5, 0.6) is 0 Å². The molecule has 0 aliphatic heterocycles. The van der Waals surface area contributed by atoms with E-state index < -0.39 is 42.6 Å². The molecule has 3 aromatic rings. The number of benzene rings is 2. The molecule has 4 N–H and O–H groups in total. The molecule has 32 heavy (non-hydrogen) atoms. The minimum absolute atomic E-state index is 0.434. The predicted molar refractivity (Wildman–Crippen MR) is 122 cm³/mol. The van der Waals surface area contributed by atoms with Gasteiger partial charge in [-0.25, -0.2) is 0 Å². The molecule has 0 saturated carbocycles. The van der Waals surface area contributed by atoms with Gasteiger partial charge in [0.25, 0.3) is 0 Å². The van der Waals surface area contributed by atoms with Crippen LogP contribution >= 0.6 is 0 Å². The second-order valence-electron chi connectivity index (χ2n) is 8.30. The Morgan fingerprint density at radius 3 is 2.03 bits per heavy atom. The van der Waals surface area contributed by atoms with Gasteiger partial charge in [0.05, 0.1) is 24.7 Å². The number of hydrogen-bond donors (Lipinski definition) is 4. The number of aliphatic hydroxyl groups is 2. The number of nitrogens with one attached hydrogen (secondary N) is 1. The number of carbonyl (C=O) groups is 2. The molecule has 1 heterocycles. The van der Waals surface area contributed by atoms with E-state index in [1.54, 1.807) is 17.0 Å². The third-order valence-electron chi connectivity index (χ3n) is 5.42. The molecular weight excluding hydrogens is 408 g/mol. The summed E-state index contributed by atoms with van der Waals surface area (Å²) in [5.74, 6) is -1.72. The first-order valence-electron chi connectivity index (χ1n) is 10.4. The maximum atomic E-state index is 12.8. The Morgan fingerprint density at radius 2 is 1.50 bits per heavy atom. The minimum atomic E-state index is -1.36. The van der Waals surface area contributed by atoms with E-state index in [1.807, 2.05) is 60.7 Å². The summed E-state index contributed by atoms with van der Waals surface area (Å²) in [6.45, 7) is 2.46. The zero-order valence-electron chi connectivity index (χ0n) is 18.1. The van der Waals surface area contributed by atoms with Crippen LogP contribution < -0.4 is 5.32 Å². The maximum absolute atomic E-state index is 12.8. The van der Waals surface area contributed by atoms with Crippen LogP contribution in [0.4, 0.5) is 0 Å². The zero-order valence-corrected chi connectivity index (χ0v) is 18.1. The molecule has 0 spiro atoms. The van der Waals surface area contributed by atoms with E-state index in [0.29, 0.717) is 0 Å². The quantitative estimate of drug-likeness (QED) is 0.412. The number of nitrogens with zero attached hydrogens (tertiary/aromatic N) is 1. The van der Waals surface area contributed by atoms with Crippen LogP contribution in [-0.4, -0.2) is 50.0 Å². The van der Waals surface area contributed by atoms with Crippen molar-refractivity contribution in [3.63, 3.8) is 0 Å². The molecule has 168 valence electrons. The van der Waals surface area contributed by atoms with Gasteiger partial charge >= 0.3 is 5.97 Å². The molecule has 1 aromatic heterocycles. The van der Waals surface area contributed by atoms with Crippen LogP contribution in [0.3, 0.4) is 0 Å². The summed E-state index contributed by atoms with van der Waals surface area (Å²) in [6, 6.07) is 17.8. The summed E-state index contributed by atoms with van der Waals surface area (Å²) in [5.41, 5.74) is 2.61. The first-order chi connectivity index (χ1) is 15.2. The summed E-state index contributed by atoms with van der Waals surface area (Å²) in [4.78, 5) is 24.2. The lowest BCUT2D eigenvalue weighted by molar-refractivity contribution is -0.141. The van der Waals surface area contributed by atoms with Gasteiger partial charge in [-0.3, -0.25) is 9.59 Å². The molecule has 0 fully saturated rings. The number of amides is 1. The van der Waals surface area contributed by atoms with Gasteiger partial charge in [-0.05, 0) is 42.2 Å². The van der Waals surface area contributed by atoms with E-state index >= 15 is 0 Å². The lowest BCUT2D eigenvalue weighted by Crippen LogP contribution is -2.53. The molecule has 2 atom stereocenters. The summed E-state index contributed by atoms with van der Waals surface area (Å²) in [7, 11) is 0. The Morgan fingerprint density at radius 1 is 0.938 bits per heavy atom. The van der Waals surface area contributed by atoms with Crippen LogP contribution in [0.1, 0.15) is 26.3 Å². The number of hydrogen-bond acceptors (Lipinski definition) is 4. The number of aliphatic carboxylic acids is 1. The van der Waals surface area contributed by atoms with Crippen LogP contribution in [-0.2, 0) is 9.59 Å². The van der Waals surface area contributed by atoms with E-state index in [9.17, 15) is 24.9 Å². The van der Waals surface area contributed by atoms with Crippen molar-refractivity contribution in [2.24, 2.45) is 0 Å². The highest BCUT2D eigenvalue weighted by Crippen LogP contribution is 2.27. The number of aliphatic hydroxyl groups excluding tert-OH is 1. The lowest BCUT2D eigenvalue weighted by atomic mass is 9.99. The molecule has 0 radical (unpaired) electrons. The smallest absolute Gasteiger partial charge is 0.306 e. The highest BCUT2D eigenvalue weighted by molar-refractivity contribution is 5.85. The molecular formula is C25H28N2O5. The summed E-state index contributed by atoms with van der Waals surface area (Å²) < 4.78 is 1.54. The third kappa shape index (κ3) is 5.63. The average Bonchev–Trinajstić information content (AvgIpc) is 3.25. The average molecular weight is 437 g/mol. The number of carboxylic acids is 1. The van der Waals surface area contributed by atoms with Crippen molar-refractivity contribution >= 4 is 11.9 Å². The molecule has 0 aliphatic rings. The monoisotopic (exact) mass is 436 g/mol. The van der Waals surface area contributed by atoms with Gasteiger partial charge < -0.3 is 25.2 Å². The number of rotatable bonds is 9. The molecule has 2 aromatic carbocycles. The molecule has 0 unspecified atom stereocenters. The third-order valence-corrected chi connectivity index (χ3v) is 5.42. The predicted octanol–water partition coefficient (Wildman–Crippen LogP) is 3.09. The molecule has 7 nitrogen and oxygen atoms in total. The Balaban J connectivity index is 1.82. The van der Waals surface area contributed by atoms with Gasteiger partial charge in [-0.2, -0.15) is 0 Å². The van der Waals surface area contributed by atoms with Crippen LogP contribution in [0.25, 0.3) is 22.3 Å². The van der Waals surface area contributed by atoms with Crippen molar-refractivity contribution in [1.29, 1.82) is 0 Å². The maximum Gasteiger partial charge on any atom is 0.306 e. The fourth-order valence-electron chi connectivity index (χ4n) is 3.48. The normalized spacial score (nSPS) is 13.4. The van der Waals surface area contributed by atoms with E-state index in [0.717, 1.165) is 22.3 Å². The van der Waals surface area contributed by atoms with Crippen LogP contribution in [0.2, 0.25) is 0 Å². The lowest BCUT2D eigenvalue weighted by Gasteiger charge is -2.30. The van der Waals surface area contributed by atoms with Gasteiger partial charge in [0.15, 0.2) is 0 Å². The van der Waals surface area contributed by atoms with Gasteiger partial charge in [0.1, 0.15) is 6.04 Å². The summed E-state index contributed by atoms with van der Waals surface area (Å²) in [6.07, 6.45) is 2.95. The molecule has 7 heteroatoms. The second kappa shape index (κ2) is 9.80. The van der Waals surface area contributed by atoms with Crippen molar-refractivity contribution in [3.05, 3.63) is 73.1 Å². The zero-order chi connectivity index (χ0) is 23.3. The number of aromatic nitrogens is 1.